The Morgan fingerprint density at radius 3 is 2.36 bits per heavy atom. The number of hydrogen-bond donors (Lipinski definition) is 2. The average Bonchev–Trinajstić information content (AvgIpc) is 2.84. The predicted molar refractivity (Wildman–Crippen MR) is 87.3 cm³/mol. The number of amides is 1. The molecule has 1 fully saturated rings. The molecular formula is C17H32N2O3. The third kappa shape index (κ3) is 4.45. The second kappa shape index (κ2) is 7.95. The van der Waals surface area contributed by atoms with Crippen LogP contribution in [0, 0.1) is 23.7 Å². The van der Waals surface area contributed by atoms with Crippen LogP contribution in [-0.2, 0) is 9.59 Å². The van der Waals surface area contributed by atoms with Gasteiger partial charge in [0.1, 0.15) is 0 Å². The van der Waals surface area contributed by atoms with Gasteiger partial charge in [-0.15, -0.1) is 0 Å². The molecule has 1 amide bonds. The first-order valence-corrected chi connectivity index (χ1v) is 8.44. The molecule has 0 spiro atoms. The van der Waals surface area contributed by atoms with E-state index in [0.717, 1.165) is 12.8 Å². The number of carboxylic acid groups (broad SMARTS) is 1. The van der Waals surface area contributed by atoms with E-state index in [2.05, 4.69) is 33.0 Å². The lowest BCUT2D eigenvalue weighted by atomic mass is 9.88. The summed E-state index contributed by atoms with van der Waals surface area (Å²) in [6.45, 7) is 10.2. The summed E-state index contributed by atoms with van der Waals surface area (Å²) in [6.07, 6.45) is 2.35. The van der Waals surface area contributed by atoms with E-state index >= 15 is 0 Å². The number of carbonyl (C=O) groups is 2. The molecule has 5 nitrogen and oxygen atoms in total. The second-order valence-electron chi connectivity index (χ2n) is 7.21. The fraction of sp³-hybridized carbons (Fsp3) is 0.882. The summed E-state index contributed by atoms with van der Waals surface area (Å²) in [5.74, 6) is -0.340. The third-order valence-electron chi connectivity index (χ3n) is 5.31. The molecule has 128 valence electrons. The summed E-state index contributed by atoms with van der Waals surface area (Å²) in [4.78, 5) is 25.7. The molecule has 0 aromatic heterocycles. The van der Waals surface area contributed by atoms with E-state index in [9.17, 15) is 14.7 Å². The lowest BCUT2D eigenvalue weighted by Gasteiger charge is -2.35. The second-order valence-corrected chi connectivity index (χ2v) is 7.21. The molecule has 0 radical (unpaired) electrons. The Morgan fingerprint density at radius 2 is 1.95 bits per heavy atom. The smallest absolute Gasteiger partial charge is 0.308 e. The molecule has 1 rings (SSSR count). The normalized spacial score (nSPS) is 26.1. The Bertz CT molecular complexity index is 397. The van der Waals surface area contributed by atoms with Gasteiger partial charge in [-0.2, -0.15) is 0 Å². The molecule has 1 aliphatic heterocycles. The average molecular weight is 312 g/mol. The Labute approximate surface area is 134 Å². The van der Waals surface area contributed by atoms with Crippen LogP contribution in [0.1, 0.15) is 53.9 Å². The maximum absolute atomic E-state index is 12.0. The molecular weight excluding hydrogens is 280 g/mol. The van der Waals surface area contributed by atoms with Crippen molar-refractivity contribution < 1.29 is 14.7 Å². The molecule has 0 saturated carbocycles. The maximum Gasteiger partial charge on any atom is 0.308 e. The summed E-state index contributed by atoms with van der Waals surface area (Å²) < 4.78 is 0. The van der Waals surface area contributed by atoms with Crippen molar-refractivity contribution in [3.63, 3.8) is 0 Å². The summed E-state index contributed by atoms with van der Waals surface area (Å²) in [5.41, 5.74) is 0. The fourth-order valence-corrected chi connectivity index (χ4v) is 3.19. The van der Waals surface area contributed by atoms with Crippen LogP contribution in [0.5, 0.6) is 0 Å². The van der Waals surface area contributed by atoms with Crippen LogP contribution in [0.25, 0.3) is 0 Å². The first-order valence-electron chi connectivity index (χ1n) is 8.44. The van der Waals surface area contributed by atoms with Gasteiger partial charge in [-0.3, -0.25) is 14.5 Å². The first kappa shape index (κ1) is 18.9. The van der Waals surface area contributed by atoms with Gasteiger partial charge in [-0.25, -0.2) is 0 Å². The molecule has 1 aliphatic rings. The Morgan fingerprint density at radius 1 is 1.36 bits per heavy atom. The summed E-state index contributed by atoms with van der Waals surface area (Å²) in [7, 11) is 1.92. The lowest BCUT2D eigenvalue weighted by molar-refractivity contribution is -0.145. The quantitative estimate of drug-likeness (QED) is 0.723. The van der Waals surface area contributed by atoms with Crippen molar-refractivity contribution in [1.29, 1.82) is 0 Å². The SMILES string of the molecule is CCC(C)CC(C(=O)O)C(C)N(C)C1CC(C(C)C)C(=O)N1. The summed E-state index contributed by atoms with van der Waals surface area (Å²) in [6, 6.07) is -0.109. The van der Waals surface area contributed by atoms with Crippen molar-refractivity contribution in [2.75, 3.05) is 7.05 Å². The Hall–Kier alpha value is -1.10. The van der Waals surface area contributed by atoms with E-state index in [1.807, 2.05) is 18.9 Å². The van der Waals surface area contributed by atoms with Crippen LogP contribution in [0.4, 0.5) is 0 Å². The van der Waals surface area contributed by atoms with Crippen molar-refractivity contribution in [1.82, 2.24) is 10.2 Å². The number of nitrogens with zero attached hydrogens (tertiary/aromatic N) is 1. The van der Waals surface area contributed by atoms with Gasteiger partial charge < -0.3 is 10.4 Å². The molecule has 5 heteroatoms. The Kier molecular flexibility index (Phi) is 6.85. The highest BCUT2D eigenvalue weighted by molar-refractivity contribution is 5.81. The van der Waals surface area contributed by atoms with Gasteiger partial charge in [-0.05, 0) is 38.6 Å². The van der Waals surface area contributed by atoms with Crippen LogP contribution in [0.3, 0.4) is 0 Å². The zero-order chi connectivity index (χ0) is 17.0. The van der Waals surface area contributed by atoms with E-state index in [1.165, 1.54) is 0 Å². The molecule has 1 saturated heterocycles. The van der Waals surface area contributed by atoms with Gasteiger partial charge in [0.05, 0.1) is 12.1 Å². The first-order chi connectivity index (χ1) is 10.2. The summed E-state index contributed by atoms with van der Waals surface area (Å²) >= 11 is 0. The van der Waals surface area contributed by atoms with Crippen molar-refractivity contribution in [3.8, 4) is 0 Å². The lowest BCUT2D eigenvalue weighted by Crippen LogP contribution is -2.49. The van der Waals surface area contributed by atoms with Crippen molar-refractivity contribution in [2.45, 2.75) is 66.1 Å². The number of nitrogens with one attached hydrogen (secondary N) is 1. The van der Waals surface area contributed by atoms with Crippen LogP contribution >= 0.6 is 0 Å². The molecule has 5 unspecified atom stereocenters. The van der Waals surface area contributed by atoms with E-state index in [4.69, 9.17) is 0 Å². The molecule has 0 aromatic carbocycles. The van der Waals surface area contributed by atoms with Gasteiger partial charge in [0, 0.05) is 12.0 Å². The number of rotatable bonds is 8. The maximum atomic E-state index is 12.0. The Balaban J connectivity index is 2.75. The van der Waals surface area contributed by atoms with Crippen LogP contribution in [0.2, 0.25) is 0 Å². The van der Waals surface area contributed by atoms with Gasteiger partial charge in [0.15, 0.2) is 0 Å². The standard InChI is InChI=1S/C17H32N2O3/c1-7-11(4)8-14(17(21)22)12(5)19(6)15-9-13(10(2)3)16(20)18-15/h10-15H,7-9H2,1-6H3,(H,18,20)(H,21,22). The van der Waals surface area contributed by atoms with Gasteiger partial charge in [-0.1, -0.05) is 34.1 Å². The zero-order valence-corrected chi connectivity index (χ0v) is 14.8. The van der Waals surface area contributed by atoms with Gasteiger partial charge in [0.2, 0.25) is 5.91 Å². The largest absolute Gasteiger partial charge is 0.481 e. The molecule has 5 atom stereocenters. The molecule has 0 aliphatic carbocycles. The van der Waals surface area contributed by atoms with Crippen LogP contribution < -0.4 is 5.32 Å². The minimum Gasteiger partial charge on any atom is -0.481 e. The fourth-order valence-electron chi connectivity index (χ4n) is 3.19. The zero-order valence-electron chi connectivity index (χ0n) is 14.8. The van der Waals surface area contributed by atoms with E-state index in [-0.39, 0.29) is 24.0 Å². The van der Waals surface area contributed by atoms with Crippen molar-refractivity contribution >= 4 is 11.9 Å². The number of carbonyl (C=O) groups excluding carboxylic acids is 1. The highest BCUT2D eigenvalue weighted by Crippen LogP contribution is 2.28. The minimum absolute atomic E-state index is 0.0255. The molecule has 0 bridgehead atoms. The number of aliphatic carboxylic acids is 1. The molecule has 1 heterocycles. The summed E-state index contributed by atoms with van der Waals surface area (Å²) in [5, 5.41) is 12.6. The number of carboxylic acids is 1. The molecule has 22 heavy (non-hydrogen) atoms. The monoisotopic (exact) mass is 312 g/mol. The van der Waals surface area contributed by atoms with E-state index in [1.54, 1.807) is 0 Å². The highest BCUT2D eigenvalue weighted by Gasteiger charge is 2.39. The van der Waals surface area contributed by atoms with Crippen molar-refractivity contribution in [3.05, 3.63) is 0 Å². The van der Waals surface area contributed by atoms with Crippen molar-refractivity contribution in [2.24, 2.45) is 23.7 Å². The minimum atomic E-state index is -0.746. The number of hydrogen-bond acceptors (Lipinski definition) is 3. The van der Waals surface area contributed by atoms with Crippen LogP contribution in [-0.4, -0.2) is 41.1 Å². The predicted octanol–water partition coefficient (Wildman–Crippen LogP) is 2.56. The third-order valence-corrected chi connectivity index (χ3v) is 5.31. The molecule has 0 aromatic rings. The van der Waals surface area contributed by atoms with E-state index in [0.29, 0.717) is 18.3 Å². The topological polar surface area (TPSA) is 69.6 Å². The van der Waals surface area contributed by atoms with Crippen LogP contribution in [0.15, 0.2) is 0 Å². The van der Waals surface area contributed by atoms with Gasteiger partial charge >= 0.3 is 5.97 Å². The highest BCUT2D eigenvalue weighted by atomic mass is 16.4. The van der Waals surface area contributed by atoms with E-state index < -0.39 is 11.9 Å². The molecule has 2 N–H and O–H groups in total. The van der Waals surface area contributed by atoms with Gasteiger partial charge in [0.25, 0.3) is 0 Å².